The third kappa shape index (κ3) is 5.61. The van der Waals surface area contributed by atoms with Gasteiger partial charge in [0.2, 0.25) is 0 Å². The predicted octanol–water partition coefficient (Wildman–Crippen LogP) is 2.84. The molecule has 110 valence electrons. The number of benzene rings is 1. The number of halogens is 1. The maximum absolute atomic E-state index is 12.0. The van der Waals surface area contributed by atoms with E-state index in [2.05, 4.69) is 21.2 Å². The van der Waals surface area contributed by atoms with Gasteiger partial charge in [0.1, 0.15) is 0 Å². The Bertz CT molecular complexity index is 486. The van der Waals surface area contributed by atoms with Crippen molar-refractivity contribution in [1.82, 2.24) is 10.2 Å². The van der Waals surface area contributed by atoms with Gasteiger partial charge in [0.25, 0.3) is 0 Å². The Morgan fingerprint density at radius 3 is 2.35 bits per heavy atom. The molecule has 0 aromatic heterocycles. The summed E-state index contributed by atoms with van der Waals surface area (Å²) < 4.78 is 0.982. The first kappa shape index (κ1) is 16.5. The van der Waals surface area contributed by atoms with Gasteiger partial charge in [0.15, 0.2) is 0 Å². The molecule has 1 aromatic carbocycles. The molecule has 0 aliphatic rings. The molecule has 0 radical (unpaired) electrons. The number of carboxylic acids is 1. The van der Waals surface area contributed by atoms with Crippen LogP contribution in [-0.4, -0.2) is 34.6 Å². The first-order chi connectivity index (χ1) is 9.19. The van der Waals surface area contributed by atoms with Gasteiger partial charge < -0.3 is 15.3 Å². The van der Waals surface area contributed by atoms with Crippen LogP contribution in [0.25, 0.3) is 0 Å². The van der Waals surface area contributed by atoms with E-state index in [9.17, 15) is 9.59 Å². The fourth-order valence-corrected chi connectivity index (χ4v) is 2.01. The standard InChI is InChI=1S/C14H19BrN2O3/c1-14(2,8-12(18)19)16-13(20)17(3)9-10-4-6-11(15)7-5-10/h4-7H,8-9H2,1-3H3,(H,16,20)(H,18,19). The zero-order valence-corrected chi connectivity index (χ0v) is 13.4. The summed E-state index contributed by atoms with van der Waals surface area (Å²) in [6.07, 6.45) is -0.120. The highest BCUT2D eigenvalue weighted by molar-refractivity contribution is 9.10. The van der Waals surface area contributed by atoms with Gasteiger partial charge in [-0.05, 0) is 31.5 Å². The van der Waals surface area contributed by atoms with Crippen LogP contribution in [0.3, 0.4) is 0 Å². The third-order valence-electron chi connectivity index (χ3n) is 2.72. The highest BCUT2D eigenvalue weighted by Gasteiger charge is 2.25. The number of aliphatic carboxylic acids is 1. The molecule has 0 saturated carbocycles. The Morgan fingerprint density at radius 1 is 1.30 bits per heavy atom. The van der Waals surface area contributed by atoms with Crippen LogP contribution in [0, 0.1) is 0 Å². The fraction of sp³-hybridized carbons (Fsp3) is 0.429. The minimum atomic E-state index is -0.939. The van der Waals surface area contributed by atoms with Crippen LogP contribution in [0.1, 0.15) is 25.8 Å². The number of rotatable bonds is 5. The number of carbonyl (C=O) groups is 2. The van der Waals surface area contributed by atoms with Crippen molar-refractivity contribution in [2.24, 2.45) is 0 Å². The number of nitrogens with one attached hydrogen (secondary N) is 1. The Morgan fingerprint density at radius 2 is 1.85 bits per heavy atom. The Labute approximate surface area is 127 Å². The zero-order chi connectivity index (χ0) is 15.3. The summed E-state index contributed by atoms with van der Waals surface area (Å²) in [7, 11) is 1.67. The summed E-state index contributed by atoms with van der Waals surface area (Å²) in [6.45, 7) is 3.83. The van der Waals surface area contributed by atoms with Gasteiger partial charge in [0, 0.05) is 23.6 Å². The van der Waals surface area contributed by atoms with Gasteiger partial charge >= 0.3 is 12.0 Å². The van der Waals surface area contributed by atoms with Crippen LogP contribution in [-0.2, 0) is 11.3 Å². The second-order valence-corrected chi connectivity index (χ2v) is 6.28. The first-order valence-electron chi connectivity index (χ1n) is 6.19. The summed E-state index contributed by atoms with van der Waals surface area (Å²) >= 11 is 3.35. The van der Waals surface area contributed by atoms with Crippen LogP contribution in [0.4, 0.5) is 4.79 Å². The minimum absolute atomic E-state index is 0.120. The number of hydrogen-bond donors (Lipinski definition) is 2. The molecule has 0 aliphatic heterocycles. The van der Waals surface area contributed by atoms with Crippen molar-refractivity contribution in [3.8, 4) is 0 Å². The molecule has 1 aromatic rings. The van der Waals surface area contributed by atoms with Crippen LogP contribution in [0.15, 0.2) is 28.7 Å². The Kier molecular flexibility index (Phi) is 5.56. The summed E-state index contributed by atoms with van der Waals surface area (Å²) in [5.41, 5.74) is 0.221. The average molecular weight is 343 g/mol. The topological polar surface area (TPSA) is 69.6 Å². The van der Waals surface area contributed by atoms with Gasteiger partial charge in [0.05, 0.1) is 6.42 Å². The molecular formula is C14H19BrN2O3. The molecule has 20 heavy (non-hydrogen) atoms. The monoisotopic (exact) mass is 342 g/mol. The molecule has 0 bridgehead atoms. The number of nitrogens with zero attached hydrogens (tertiary/aromatic N) is 1. The lowest BCUT2D eigenvalue weighted by Crippen LogP contribution is -2.49. The van der Waals surface area contributed by atoms with E-state index in [4.69, 9.17) is 5.11 Å². The van der Waals surface area contributed by atoms with Crippen molar-refractivity contribution in [2.45, 2.75) is 32.4 Å². The van der Waals surface area contributed by atoms with E-state index in [1.807, 2.05) is 24.3 Å². The van der Waals surface area contributed by atoms with Crippen molar-refractivity contribution < 1.29 is 14.7 Å². The zero-order valence-electron chi connectivity index (χ0n) is 11.8. The van der Waals surface area contributed by atoms with E-state index in [0.717, 1.165) is 10.0 Å². The number of hydrogen-bond acceptors (Lipinski definition) is 2. The lowest BCUT2D eigenvalue weighted by atomic mass is 10.0. The molecule has 0 saturated heterocycles. The third-order valence-corrected chi connectivity index (χ3v) is 3.25. The smallest absolute Gasteiger partial charge is 0.317 e. The lowest BCUT2D eigenvalue weighted by molar-refractivity contribution is -0.138. The molecule has 0 heterocycles. The summed E-state index contributed by atoms with van der Waals surface area (Å²) in [5, 5.41) is 11.5. The van der Waals surface area contributed by atoms with Crippen molar-refractivity contribution in [2.75, 3.05) is 7.05 Å². The normalized spacial score (nSPS) is 11.0. The second kappa shape index (κ2) is 6.74. The molecule has 0 unspecified atom stereocenters. The molecule has 0 aliphatic carbocycles. The Balaban J connectivity index is 2.58. The lowest BCUT2D eigenvalue weighted by Gasteiger charge is -2.28. The second-order valence-electron chi connectivity index (χ2n) is 5.37. The Hall–Kier alpha value is -1.56. The molecule has 2 amide bonds. The van der Waals surface area contributed by atoms with E-state index in [1.165, 1.54) is 4.90 Å². The van der Waals surface area contributed by atoms with Crippen molar-refractivity contribution in [1.29, 1.82) is 0 Å². The fourth-order valence-electron chi connectivity index (χ4n) is 1.74. The van der Waals surface area contributed by atoms with Crippen molar-refractivity contribution >= 4 is 27.9 Å². The maximum atomic E-state index is 12.0. The summed E-state index contributed by atoms with van der Waals surface area (Å²) in [4.78, 5) is 24.3. The van der Waals surface area contributed by atoms with E-state index in [1.54, 1.807) is 20.9 Å². The maximum Gasteiger partial charge on any atom is 0.317 e. The average Bonchev–Trinajstić information content (AvgIpc) is 2.29. The summed E-state index contributed by atoms with van der Waals surface area (Å²) in [6, 6.07) is 7.39. The molecule has 1 rings (SSSR count). The van der Waals surface area contributed by atoms with Crippen LogP contribution >= 0.6 is 15.9 Å². The van der Waals surface area contributed by atoms with E-state index in [0.29, 0.717) is 6.54 Å². The van der Waals surface area contributed by atoms with E-state index in [-0.39, 0.29) is 12.5 Å². The first-order valence-corrected chi connectivity index (χ1v) is 6.98. The highest BCUT2D eigenvalue weighted by Crippen LogP contribution is 2.13. The molecule has 5 nitrogen and oxygen atoms in total. The van der Waals surface area contributed by atoms with E-state index >= 15 is 0 Å². The predicted molar refractivity (Wildman–Crippen MR) is 80.5 cm³/mol. The van der Waals surface area contributed by atoms with Crippen LogP contribution < -0.4 is 5.32 Å². The van der Waals surface area contributed by atoms with Crippen molar-refractivity contribution in [3.63, 3.8) is 0 Å². The molecule has 2 N–H and O–H groups in total. The van der Waals surface area contributed by atoms with Gasteiger partial charge in [-0.1, -0.05) is 28.1 Å². The quantitative estimate of drug-likeness (QED) is 0.864. The van der Waals surface area contributed by atoms with Crippen LogP contribution in [0.5, 0.6) is 0 Å². The van der Waals surface area contributed by atoms with Gasteiger partial charge in [-0.15, -0.1) is 0 Å². The van der Waals surface area contributed by atoms with E-state index < -0.39 is 11.5 Å². The van der Waals surface area contributed by atoms with Gasteiger partial charge in [-0.2, -0.15) is 0 Å². The molecule has 6 heteroatoms. The molecule has 0 spiro atoms. The SMILES string of the molecule is CN(Cc1ccc(Br)cc1)C(=O)NC(C)(C)CC(=O)O. The van der Waals surface area contributed by atoms with Crippen LogP contribution in [0.2, 0.25) is 0 Å². The molecule has 0 atom stereocenters. The number of amides is 2. The largest absolute Gasteiger partial charge is 0.481 e. The summed E-state index contributed by atoms with van der Waals surface area (Å²) in [5.74, 6) is -0.939. The molecule has 0 fully saturated rings. The minimum Gasteiger partial charge on any atom is -0.481 e. The van der Waals surface area contributed by atoms with Gasteiger partial charge in [-0.25, -0.2) is 4.79 Å². The van der Waals surface area contributed by atoms with Crippen molar-refractivity contribution in [3.05, 3.63) is 34.3 Å². The highest BCUT2D eigenvalue weighted by atomic mass is 79.9. The molecular weight excluding hydrogens is 324 g/mol. The number of urea groups is 1. The van der Waals surface area contributed by atoms with Gasteiger partial charge in [-0.3, -0.25) is 4.79 Å². The number of carbonyl (C=O) groups excluding carboxylic acids is 1. The number of carboxylic acid groups (broad SMARTS) is 1.